The molecule has 0 aliphatic heterocycles. The van der Waals surface area contributed by atoms with Crippen molar-refractivity contribution in [1.29, 1.82) is 0 Å². The van der Waals surface area contributed by atoms with E-state index in [1.165, 1.54) is 31.2 Å². The Hall–Kier alpha value is -1.52. The van der Waals surface area contributed by atoms with Crippen LogP contribution in [-0.2, 0) is 11.2 Å². The van der Waals surface area contributed by atoms with Gasteiger partial charge >= 0.3 is 6.36 Å². The van der Waals surface area contributed by atoms with E-state index < -0.39 is 6.36 Å². The second-order valence-electron chi connectivity index (χ2n) is 3.91. The van der Waals surface area contributed by atoms with Crippen LogP contribution in [-0.4, -0.2) is 12.1 Å². The molecule has 94 valence electrons. The van der Waals surface area contributed by atoms with Crippen molar-refractivity contribution in [2.45, 2.75) is 26.6 Å². The predicted molar refractivity (Wildman–Crippen MR) is 56.7 cm³/mol. The van der Waals surface area contributed by atoms with Crippen molar-refractivity contribution in [3.8, 4) is 5.75 Å². The maximum absolute atomic E-state index is 11.9. The van der Waals surface area contributed by atoms with E-state index in [4.69, 9.17) is 0 Å². The van der Waals surface area contributed by atoms with Gasteiger partial charge in [-0.2, -0.15) is 0 Å². The third-order valence-corrected chi connectivity index (χ3v) is 2.39. The van der Waals surface area contributed by atoms with E-state index >= 15 is 0 Å². The molecule has 17 heavy (non-hydrogen) atoms. The lowest BCUT2D eigenvalue weighted by Crippen LogP contribution is -2.17. The van der Waals surface area contributed by atoms with Gasteiger partial charge in [0, 0.05) is 5.92 Å². The molecule has 1 aromatic rings. The first kappa shape index (κ1) is 13.5. The minimum absolute atomic E-state index is 0.0561. The first-order chi connectivity index (χ1) is 7.78. The van der Waals surface area contributed by atoms with Gasteiger partial charge in [-0.1, -0.05) is 19.1 Å². The van der Waals surface area contributed by atoms with Gasteiger partial charge in [-0.25, -0.2) is 0 Å². The fourth-order valence-electron chi connectivity index (χ4n) is 1.32. The van der Waals surface area contributed by atoms with Crippen LogP contribution in [0.1, 0.15) is 19.4 Å². The molecule has 0 heterocycles. The highest BCUT2D eigenvalue weighted by Gasteiger charge is 2.30. The summed E-state index contributed by atoms with van der Waals surface area (Å²) in [5.74, 6) is -0.332. The minimum Gasteiger partial charge on any atom is -0.406 e. The van der Waals surface area contributed by atoms with Gasteiger partial charge in [-0.3, -0.25) is 4.79 Å². The number of carbonyl (C=O) groups is 1. The molecule has 1 atom stereocenters. The Morgan fingerprint density at radius 3 is 2.24 bits per heavy atom. The molecular weight excluding hydrogens is 233 g/mol. The van der Waals surface area contributed by atoms with Gasteiger partial charge in [-0.05, 0) is 31.0 Å². The molecule has 0 bridgehead atoms. The van der Waals surface area contributed by atoms with Gasteiger partial charge in [0.05, 0.1) is 0 Å². The summed E-state index contributed by atoms with van der Waals surface area (Å²) >= 11 is 0. The Morgan fingerprint density at radius 2 is 1.82 bits per heavy atom. The summed E-state index contributed by atoms with van der Waals surface area (Å²) in [6.07, 6.45) is -4.16. The van der Waals surface area contributed by atoms with Gasteiger partial charge in [0.1, 0.15) is 11.5 Å². The molecule has 1 unspecified atom stereocenters. The Kier molecular flexibility index (Phi) is 4.15. The molecule has 0 amide bonds. The summed E-state index contributed by atoms with van der Waals surface area (Å²) < 4.78 is 39.4. The summed E-state index contributed by atoms with van der Waals surface area (Å²) in [5.41, 5.74) is 0.808. The maximum atomic E-state index is 11.9. The zero-order chi connectivity index (χ0) is 13.1. The number of Topliss-reactive ketones (excluding diaryl/α,β-unsaturated/α-hetero) is 1. The quantitative estimate of drug-likeness (QED) is 0.814. The van der Waals surface area contributed by atoms with E-state index in [1.54, 1.807) is 6.92 Å². The monoisotopic (exact) mass is 246 g/mol. The van der Waals surface area contributed by atoms with E-state index in [2.05, 4.69) is 4.74 Å². The molecule has 5 heteroatoms. The first-order valence-corrected chi connectivity index (χ1v) is 5.13. The summed E-state index contributed by atoms with van der Waals surface area (Å²) in [7, 11) is 0. The molecule has 0 fully saturated rings. The van der Waals surface area contributed by atoms with Crippen molar-refractivity contribution in [2.75, 3.05) is 0 Å². The van der Waals surface area contributed by atoms with Gasteiger partial charge in [0.25, 0.3) is 0 Å². The summed E-state index contributed by atoms with van der Waals surface area (Å²) in [6.45, 7) is 3.27. The van der Waals surface area contributed by atoms with E-state index in [0.717, 1.165) is 5.56 Å². The van der Waals surface area contributed by atoms with Gasteiger partial charge in [0.15, 0.2) is 0 Å². The predicted octanol–water partition coefficient (Wildman–Crippen LogP) is 3.35. The van der Waals surface area contributed by atoms with E-state index in [9.17, 15) is 18.0 Å². The van der Waals surface area contributed by atoms with Crippen LogP contribution in [0, 0.1) is 5.92 Å². The molecule has 2 nitrogen and oxygen atoms in total. The molecule has 0 radical (unpaired) electrons. The molecule has 0 saturated carbocycles. The van der Waals surface area contributed by atoms with Crippen LogP contribution in [0.4, 0.5) is 13.2 Å². The number of hydrogen-bond acceptors (Lipinski definition) is 2. The number of ketones is 1. The number of hydrogen-bond donors (Lipinski definition) is 0. The van der Waals surface area contributed by atoms with Crippen LogP contribution in [0.2, 0.25) is 0 Å². The van der Waals surface area contributed by atoms with E-state index in [1.807, 2.05) is 0 Å². The number of carbonyl (C=O) groups excluding carboxylic acids is 1. The third kappa shape index (κ3) is 4.89. The zero-order valence-corrected chi connectivity index (χ0v) is 9.54. The highest BCUT2D eigenvalue weighted by Crippen LogP contribution is 2.23. The molecule has 0 saturated heterocycles. The van der Waals surface area contributed by atoms with Gasteiger partial charge in [0.2, 0.25) is 0 Å². The SMILES string of the molecule is CC(=O)C(C)Cc1ccc(OC(F)(F)F)cc1. The lowest BCUT2D eigenvalue weighted by atomic mass is 9.98. The van der Waals surface area contributed by atoms with E-state index in [0.29, 0.717) is 6.42 Å². The number of ether oxygens (including phenoxy) is 1. The second kappa shape index (κ2) is 5.21. The fourth-order valence-corrected chi connectivity index (χ4v) is 1.32. The number of alkyl halides is 3. The van der Waals surface area contributed by atoms with Crippen molar-refractivity contribution in [2.24, 2.45) is 5.92 Å². The summed E-state index contributed by atoms with van der Waals surface area (Å²) in [4.78, 5) is 11.0. The highest BCUT2D eigenvalue weighted by molar-refractivity contribution is 5.78. The normalized spacial score (nSPS) is 13.2. The molecule has 1 rings (SSSR count). The zero-order valence-electron chi connectivity index (χ0n) is 9.54. The van der Waals surface area contributed by atoms with Crippen LogP contribution >= 0.6 is 0 Å². The van der Waals surface area contributed by atoms with Crippen LogP contribution in [0.3, 0.4) is 0 Å². The molecule has 0 aliphatic carbocycles. The number of benzene rings is 1. The average Bonchev–Trinajstić information content (AvgIpc) is 2.18. The van der Waals surface area contributed by atoms with Crippen LogP contribution in [0.5, 0.6) is 5.75 Å². The molecule has 0 spiro atoms. The maximum Gasteiger partial charge on any atom is 0.573 e. The summed E-state index contributed by atoms with van der Waals surface area (Å²) in [5, 5.41) is 0. The van der Waals surface area contributed by atoms with Crippen molar-refractivity contribution < 1.29 is 22.7 Å². The fraction of sp³-hybridized carbons (Fsp3) is 0.417. The molecule has 0 N–H and O–H groups in total. The standard InChI is InChI=1S/C12H13F3O2/c1-8(9(2)16)7-10-3-5-11(6-4-10)17-12(13,14)15/h3-6,8H,7H2,1-2H3. The first-order valence-electron chi connectivity index (χ1n) is 5.13. The molecule has 1 aromatic carbocycles. The van der Waals surface area contributed by atoms with Gasteiger partial charge < -0.3 is 4.74 Å². The molecular formula is C12H13F3O2. The Balaban J connectivity index is 2.65. The van der Waals surface area contributed by atoms with Crippen molar-refractivity contribution in [1.82, 2.24) is 0 Å². The highest BCUT2D eigenvalue weighted by atomic mass is 19.4. The largest absolute Gasteiger partial charge is 0.573 e. The Morgan fingerprint density at radius 1 is 1.29 bits per heavy atom. The molecule has 0 aliphatic rings. The summed E-state index contributed by atoms with van der Waals surface area (Å²) in [6, 6.07) is 5.55. The minimum atomic E-state index is -4.67. The topological polar surface area (TPSA) is 26.3 Å². The number of halogens is 3. The molecule has 0 aromatic heterocycles. The second-order valence-corrected chi connectivity index (χ2v) is 3.91. The van der Waals surface area contributed by atoms with Crippen molar-refractivity contribution in [3.63, 3.8) is 0 Å². The third-order valence-electron chi connectivity index (χ3n) is 2.39. The van der Waals surface area contributed by atoms with Crippen molar-refractivity contribution in [3.05, 3.63) is 29.8 Å². The van der Waals surface area contributed by atoms with Crippen LogP contribution < -0.4 is 4.74 Å². The Labute approximate surface area is 97.4 Å². The van der Waals surface area contributed by atoms with Crippen LogP contribution in [0.15, 0.2) is 24.3 Å². The average molecular weight is 246 g/mol. The van der Waals surface area contributed by atoms with Gasteiger partial charge in [-0.15, -0.1) is 13.2 Å². The van der Waals surface area contributed by atoms with Crippen LogP contribution in [0.25, 0.3) is 0 Å². The Bertz CT molecular complexity index is 382. The number of rotatable bonds is 4. The smallest absolute Gasteiger partial charge is 0.406 e. The lowest BCUT2D eigenvalue weighted by molar-refractivity contribution is -0.274. The van der Waals surface area contributed by atoms with E-state index in [-0.39, 0.29) is 17.5 Å². The van der Waals surface area contributed by atoms with Crippen molar-refractivity contribution >= 4 is 5.78 Å². The lowest BCUT2D eigenvalue weighted by Gasteiger charge is -2.10.